The average molecular weight is 172 g/mol. The van der Waals surface area contributed by atoms with Gasteiger partial charge in [0.15, 0.2) is 0 Å². The summed E-state index contributed by atoms with van der Waals surface area (Å²) in [5.41, 5.74) is 5.83. The molecule has 2 unspecified atom stereocenters. The predicted octanol–water partition coefficient (Wildman–Crippen LogP) is 1.75. The molecular formula is C10H24N2. The van der Waals surface area contributed by atoms with E-state index in [-0.39, 0.29) is 0 Å². The van der Waals surface area contributed by atoms with Crippen LogP contribution in [0.2, 0.25) is 0 Å². The van der Waals surface area contributed by atoms with Crippen LogP contribution in [0.15, 0.2) is 0 Å². The van der Waals surface area contributed by atoms with Gasteiger partial charge < -0.3 is 11.1 Å². The summed E-state index contributed by atoms with van der Waals surface area (Å²) in [6.07, 6.45) is 5.16. The highest BCUT2D eigenvalue weighted by Gasteiger charge is 2.17. The molecule has 0 aromatic rings. The third-order valence-electron chi connectivity index (χ3n) is 2.32. The van der Waals surface area contributed by atoms with Crippen molar-refractivity contribution in [1.29, 1.82) is 0 Å². The zero-order chi connectivity index (χ0) is 9.40. The predicted molar refractivity (Wildman–Crippen MR) is 55.2 cm³/mol. The molecule has 2 nitrogen and oxygen atoms in total. The van der Waals surface area contributed by atoms with Crippen LogP contribution in [0.5, 0.6) is 0 Å². The van der Waals surface area contributed by atoms with Gasteiger partial charge in [-0.05, 0) is 38.8 Å². The highest BCUT2D eigenvalue weighted by atomic mass is 14.8. The SMILES string of the molecule is CC.CNCC1CCCC(N)C1. The largest absolute Gasteiger partial charge is 0.328 e. The van der Waals surface area contributed by atoms with E-state index >= 15 is 0 Å². The van der Waals surface area contributed by atoms with Crippen molar-refractivity contribution in [2.45, 2.75) is 45.6 Å². The van der Waals surface area contributed by atoms with Crippen LogP contribution in [0.4, 0.5) is 0 Å². The van der Waals surface area contributed by atoms with Gasteiger partial charge in [-0.1, -0.05) is 20.3 Å². The van der Waals surface area contributed by atoms with Gasteiger partial charge in [0.25, 0.3) is 0 Å². The number of hydrogen-bond donors (Lipinski definition) is 2. The normalized spacial score (nSPS) is 29.0. The second kappa shape index (κ2) is 7.56. The Bertz CT molecular complexity index is 91.8. The molecule has 1 fully saturated rings. The molecule has 1 aliphatic rings. The highest BCUT2D eigenvalue weighted by molar-refractivity contribution is 4.75. The molecule has 2 heteroatoms. The number of hydrogen-bond acceptors (Lipinski definition) is 2. The van der Waals surface area contributed by atoms with E-state index < -0.39 is 0 Å². The minimum atomic E-state index is 0.479. The molecule has 1 saturated carbocycles. The number of nitrogens with two attached hydrogens (primary N) is 1. The zero-order valence-corrected chi connectivity index (χ0v) is 8.77. The van der Waals surface area contributed by atoms with Gasteiger partial charge in [0, 0.05) is 6.04 Å². The van der Waals surface area contributed by atoms with E-state index in [4.69, 9.17) is 5.73 Å². The van der Waals surface area contributed by atoms with Gasteiger partial charge in [0.05, 0.1) is 0 Å². The first-order valence-corrected chi connectivity index (χ1v) is 5.23. The summed E-state index contributed by atoms with van der Waals surface area (Å²) in [5.74, 6) is 0.841. The Labute approximate surface area is 76.9 Å². The Morgan fingerprint density at radius 1 is 1.33 bits per heavy atom. The molecule has 3 N–H and O–H groups in total. The second-order valence-corrected chi connectivity index (χ2v) is 3.35. The van der Waals surface area contributed by atoms with E-state index in [1.54, 1.807) is 0 Å². The van der Waals surface area contributed by atoms with Crippen molar-refractivity contribution in [3.63, 3.8) is 0 Å². The molecule has 0 aliphatic heterocycles. The summed E-state index contributed by atoms with van der Waals surface area (Å²) in [6, 6.07) is 0.479. The lowest BCUT2D eigenvalue weighted by atomic mass is 9.86. The lowest BCUT2D eigenvalue weighted by Gasteiger charge is -2.26. The Morgan fingerprint density at radius 2 is 2.00 bits per heavy atom. The first-order valence-electron chi connectivity index (χ1n) is 5.23. The monoisotopic (exact) mass is 172 g/mol. The third-order valence-corrected chi connectivity index (χ3v) is 2.32. The maximum absolute atomic E-state index is 5.83. The van der Waals surface area contributed by atoms with Crippen molar-refractivity contribution in [2.24, 2.45) is 11.7 Å². The number of rotatable bonds is 2. The van der Waals surface area contributed by atoms with E-state index in [1.165, 1.54) is 25.7 Å². The Morgan fingerprint density at radius 3 is 2.50 bits per heavy atom. The fourth-order valence-corrected chi connectivity index (χ4v) is 1.81. The molecule has 0 heterocycles. The van der Waals surface area contributed by atoms with Crippen LogP contribution in [0.1, 0.15) is 39.5 Å². The molecule has 0 amide bonds. The topological polar surface area (TPSA) is 38.0 Å². The summed E-state index contributed by atoms with van der Waals surface area (Å²) < 4.78 is 0. The Kier molecular flexibility index (Phi) is 7.51. The van der Waals surface area contributed by atoms with Crippen molar-refractivity contribution < 1.29 is 0 Å². The van der Waals surface area contributed by atoms with Crippen LogP contribution >= 0.6 is 0 Å². The van der Waals surface area contributed by atoms with Gasteiger partial charge in [0.2, 0.25) is 0 Å². The molecule has 1 rings (SSSR count). The maximum Gasteiger partial charge on any atom is 0.00419 e. The first-order chi connectivity index (χ1) is 5.83. The molecule has 0 aromatic carbocycles. The van der Waals surface area contributed by atoms with Gasteiger partial charge in [-0.25, -0.2) is 0 Å². The minimum Gasteiger partial charge on any atom is -0.328 e. The molecule has 0 spiro atoms. The van der Waals surface area contributed by atoms with Crippen LogP contribution in [-0.4, -0.2) is 19.6 Å². The van der Waals surface area contributed by atoms with Gasteiger partial charge in [0.1, 0.15) is 0 Å². The average Bonchev–Trinajstić information content (AvgIpc) is 2.09. The third kappa shape index (κ3) is 4.73. The summed E-state index contributed by atoms with van der Waals surface area (Å²) in [4.78, 5) is 0. The Hall–Kier alpha value is -0.0800. The van der Waals surface area contributed by atoms with Crippen molar-refractivity contribution in [1.82, 2.24) is 5.32 Å². The van der Waals surface area contributed by atoms with Crippen LogP contribution in [-0.2, 0) is 0 Å². The fourth-order valence-electron chi connectivity index (χ4n) is 1.81. The maximum atomic E-state index is 5.83. The highest BCUT2D eigenvalue weighted by Crippen LogP contribution is 2.21. The van der Waals surface area contributed by atoms with Crippen molar-refractivity contribution in [2.75, 3.05) is 13.6 Å². The van der Waals surface area contributed by atoms with E-state index in [0.29, 0.717) is 6.04 Å². The summed E-state index contributed by atoms with van der Waals surface area (Å²) in [6.45, 7) is 5.15. The molecule has 74 valence electrons. The molecule has 12 heavy (non-hydrogen) atoms. The van der Waals surface area contributed by atoms with Gasteiger partial charge in [-0.2, -0.15) is 0 Å². The van der Waals surface area contributed by atoms with Crippen LogP contribution in [0, 0.1) is 5.92 Å². The van der Waals surface area contributed by atoms with Crippen molar-refractivity contribution in [3.8, 4) is 0 Å². The quantitative estimate of drug-likeness (QED) is 0.666. The molecule has 0 radical (unpaired) electrons. The first kappa shape index (κ1) is 11.9. The van der Waals surface area contributed by atoms with Gasteiger partial charge in [-0.15, -0.1) is 0 Å². The molecule has 1 aliphatic carbocycles. The van der Waals surface area contributed by atoms with Crippen molar-refractivity contribution >= 4 is 0 Å². The summed E-state index contributed by atoms with van der Waals surface area (Å²) in [5, 5.41) is 3.20. The summed E-state index contributed by atoms with van der Waals surface area (Å²) >= 11 is 0. The van der Waals surface area contributed by atoms with Crippen LogP contribution < -0.4 is 11.1 Å². The van der Waals surface area contributed by atoms with E-state index in [1.807, 2.05) is 20.9 Å². The molecule has 0 aromatic heterocycles. The fraction of sp³-hybridized carbons (Fsp3) is 1.00. The lowest BCUT2D eigenvalue weighted by Crippen LogP contribution is -2.32. The Balaban J connectivity index is 0.000000561. The van der Waals surface area contributed by atoms with Crippen molar-refractivity contribution in [3.05, 3.63) is 0 Å². The van der Waals surface area contributed by atoms with Gasteiger partial charge in [-0.3, -0.25) is 0 Å². The standard InChI is InChI=1S/C8H18N2.C2H6/c1-10-6-7-3-2-4-8(9)5-7;1-2/h7-8,10H,2-6,9H2,1H3;1-2H3. The zero-order valence-electron chi connectivity index (χ0n) is 8.77. The van der Waals surface area contributed by atoms with Gasteiger partial charge >= 0.3 is 0 Å². The van der Waals surface area contributed by atoms with E-state index in [2.05, 4.69) is 5.32 Å². The number of nitrogens with one attached hydrogen (secondary N) is 1. The van der Waals surface area contributed by atoms with E-state index in [9.17, 15) is 0 Å². The molecule has 0 saturated heterocycles. The molecule has 2 atom stereocenters. The smallest absolute Gasteiger partial charge is 0.00419 e. The summed E-state index contributed by atoms with van der Waals surface area (Å²) in [7, 11) is 2.01. The molecular weight excluding hydrogens is 148 g/mol. The lowest BCUT2D eigenvalue weighted by molar-refractivity contribution is 0.316. The minimum absolute atomic E-state index is 0.479. The molecule has 0 bridgehead atoms. The van der Waals surface area contributed by atoms with E-state index in [0.717, 1.165) is 12.5 Å². The van der Waals surface area contributed by atoms with Crippen LogP contribution in [0.3, 0.4) is 0 Å². The second-order valence-electron chi connectivity index (χ2n) is 3.35. The van der Waals surface area contributed by atoms with Crippen LogP contribution in [0.25, 0.3) is 0 Å².